The Bertz CT molecular complexity index is 663. The number of nitrogens with one attached hydrogen (secondary N) is 1. The van der Waals surface area contributed by atoms with Crippen LogP contribution in [0.3, 0.4) is 0 Å². The maximum absolute atomic E-state index is 11.9. The molecule has 1 amide bonds. The molecule has 1 aromatic carbocycles. The number of hydrogen-bond donors (Lipinski definition) is 1. The summed E-state index contributed by atoms with van der Waals surface area (Å²) < 4.78 is 0. The fraction of sp³-hybridized carbons (Fsp3) is 0.267. The van der Waals surface area contributed by atoms with Crippen molar-refractivity contribution in [1.29, 1.82) is 0 Å². The number of aryl methyl sites for hydroxylation is 1. The normalized spacial score (nSPS) is 19.4. The van der Waals surface area contributed by atoms with E-state index in [-0.39, 0.29) is 11.8 Å². The lowest BCUT2D eigenvalue weighted by Gasteiger charge is -2.15. The van der Waals surface area contributed by atoms with Gasteiger partial charge in [-0.25, -0.2) is 0 Å². The highest BCUT2D eigenvalue weighted by Crippen LogP contribution is 2.28. The van der Waals surface area contributed by atoms with Gasteiger partial charge in [0.25, 0.3) is 0 Å². The molecule has 18 heavy (non-hydrogen) atoms. The zero-order chi connectivity index (χ0) is 12.7. The Hall–Kier alpha value is -2.21. The van der Waals surface area contributed by atoms with Gasteiger partial charge >= 0.3 is 0 Å². The summed E-state index contributed by atoms with van der Waals surface area (Å²) in [6.07, 6.45) is 5.86. The predicted molar refractivity (Wildman–Crippen MR) is 72.3 cm³/mol. The van der Waals surface area contributed by atoms with Crippen LogP contribution in [0.15, 0.2) is 24.3 Å². The molecular weight excluding hydrogens is 224 g/mol. The molecule has 0 saturated carbocycles. The Balaban J connectivity index is 1.99. The number of terminal acetylenes is 1. The number of carbonyl (C=O) groups excluding carboxylic acids is 1. The summed E-state index contributed by atoms with van der Waals surface area (Å²) in [4.78, 5) is 17.0. The molecule has 0 radical (unpaired) electrons. The van der Waals surface area contributed by atoms with Crippen molar-refractivity contribution in [2.24, 2.45) is 5.92 Å². The molecule has 1 N–H and O–H groups in total. The number of aromatic nitrogens is 1. The van der Waals surface area contributed by atoms with E-state index >= 15 is 0 Å². The Morgan fingerprint density at radius 3 is 3.00 bits per heavy atom. The maximum Gasteiger partial charge on any atom is 0.228 e. The third-order valence-electron chi connectivity index (χ3n) is 3.41. The van der Waals surface area contributed by atoms with Gasteiger partial charge in [0.2, 0.25) is 5.91 Å². The van der Waals surface area contributed by atoms with Gasteiger partial charge in [-0.15, -0.1) is 12.3 Å². The minimum Gasteiger partial charge on any atom is -0.359 e. The lowest BCUT2D eigenvalue weighted by molar-refractivity contribution is -0.117. The number of nitrogens with zero attached hydrogens (tertiary/aromatic N) is 1. The molecule has 1 aliphatic rings. The van der Waals surface area contributed by atoms with Gasteiger partial charge in [0, 0.05) is 41.2 Å². The number of rotatable bonds is 1. The van der Waals surface area contributed by atoms with Crippen LogP contribution < -0.4 is 4.90 Å². The Kier molecular flexibility index (Phi) is 2.38. The van der Waals surface area contributed by atoms with Crippen LogP contribution in [-0.4, -0.2) is 17.4 Å². The summed E-state index contributed by atoms with van der Waals surface area (Å²) in [6, 6.07) is 8.09. The molecule has 1 unspecified atom stereocenters. The molecule has 1 atom stereocenters. The largest absolute Gasteiger partial charge is 0.359 e. The van der Waals surface area contributed by atoms with Gasteiger partial charge in [0.15, 0.2) is 0 Å². The monoisotopic (exact) mass is 238 g/mol. The fourth-order valence-corrected chi connectivity index (χ4v) is 2.50. The number of hydrogen-bond acceptors (Lipinski definition) is 1. The second-order valence-corrected chi connectivity index (χ2v) is 4.80. The van der Waals surface area contributed by atoms with Crippen LogP contribution in [0.5, 0.6) is 0 Å². The summed E-state index contributed by atoms with van der Waals surface area (Å²) in [5, 5.41) is 1.13. The van der Waals surface area contributed by atoms with E-state index in [1.165, 1.54) is 0 Å². The molecule has 2 heterocycles. The van der Waals surface area contributed by atoms with Crippen molar-refractivity contribution >= 4 is 22.5 Å². The van der Waals surface area contributed by atoms with Crippen molar-refractivity contribution in [1.82, 2.24) is 4.98 Å². The van der Waals surface area contributed by atoms with E-state index in [2.05, 4.69) is 17.0 Å². The Labute approximate surface area is 106 Å². The third-order valence-corrected chi connectivity index (χ3v) is 3.41. The predicted octanol–water partition coefficient (Wildman–Crippen LogP) is 2.46. The second-order valence-electron chi connectivity index (χ2n) is 4.80. The lowest BCUT2D eigenvalue weighted by Crippen LogP contribution is -2.24. The lowest BCUT2D eigenvalue weighted by atomic mass is 10.1. The van der Waals surface area contributed by atoms with Crippen LogP contribution in [0.4, 0.5) is 5.69 Å². The molecule has 0 spiro atoms. The maximum atomic E-state index is 11.9. The highest BCUT2D eigenvalue weighted by atomic mass is 16.2. The van der Waals surface area contributed by atoms with E-state index in [1.807, 2.05) is 25.1 Å². The van der Waals surface area contributed by atoms with E-state index in [0.29, 0.717) is 13.0 Å². The average Bonchev–Trinajstić information content (AvgIpc) is 2.89. The van der Waals surface area contributed by atoms with Crippen LogP contribution in [-0.2, 0) is 4.79 Å². The summed E-state index contributed by atoms with van der Waals surface area (Å²) >= 11 is 0. The van der Waals surface area contributed by atoms with E-state index < -0.39 is 0 Å². The standard InChI is InChI=1S/C15H14N2O/c1-3-11-7-15(18)17(9-11)13-4-5-14-12(8-13)6-10(2)16-14/h1,4-6,8,11,16H,7,9H2,2H3. The smallest absolute Gasteiger partial charge is 0.228 e. The molecule has 3 rings (SSSR count). The number of H-pyrrole nitrogens is 1. The van der Waals surface area contributed by atoms with Crippen LogP contribution in [0.2, 0.25) is 0 Å². The Morgan fingerprint density at radius 1 is 1.44 bits per heavy atom. The van der Waals surface area contributed by atoms with Crippen LogP contribution in [0.1, 0.15) is 12.1 Å². The number of aromatic amines is 1. The zero-order valence-electron chi connectivity index (χ0n) is 10.2. The molecule has 1 aliphatic heterocycles. The SMILES string of the molecule is C#CC1CC(=O)N(c2ccc3[nH]c(C)cc3c2)C1. The number of carbonyl (C=O) groups is 1. The molecule has 1 aromatic heterocycles. The zero-order valence-corrected chi connectivity index (χ0v) is 10.2. The van der Waals surface area contributed by atoms with Gasteiger partial charge in [0.1, 0.15) is 0 Å². The molecule has 0 aliphatic carbocycles. The molecular formula is C15H14N2O. The van der Waals surface area contributed by atoms with Crippen LogP contribution >= 0.6 is 0 Å². The van der Waals surface area contributed by atoms with E-state index in [1.54, 1.807) is 4.90 Å². The number of fused-ring (bicyclic) bond motifs is 1. The van der Waals surface area contributed by atoms with Crippen molar-refractivity contribution in [3.63, 3.8) is 0 Å². The molecule has 1 fully saturated rings. The highest BCUT2D eigenvalue weighted by molar-refractivity contribution is 5.98. The molecule has 90 valence electrons. The highest BCUT2D eigenvalue weighted by Gasteiger charge is 2.29. The van der Waals surface area contributed by atoms with Crippen LogP contribution in [0.25, 0.3) is 10.9 Å². The minimum absolute atomic E-state index is 0.0427. The summed E-state index contributed by atoms with van der Waals surface area (Å²) in [6.45, 7) is 2.65. The Morgan fingerprint density at radius 2 is 2.28 bits per heavy atom. The first kappa shape index (κ1) is 10.9. The van der Waals surface area contributed by atoms with E-state index in [4.69, 9.17) is 6.42 Å². The van der Waals surface area contributed by atoms with Gasteiger partial charge in [-0.05, 0) is 31.2 Å². The summed E-state index contributed by atoms with van der Waals surface area (Å²) in [5.41, 5.74) is 3.15. The van der Waals surface area contributed by atoms with Crippen LogP contribution in [0, 0.1) is 25.2 Å². The van der Waals surface area contributed by atoms with Gasteiger partial charge in [-0.1, -0.05) is 0 Å². The molecule has 1 saturated heterocycles. The van der Waals surface area contributed by atoms with Crippen molar-refractivity contribution in [3.05, 3.63) is 30.0 Å². The number of anilines is 1. The topological polar surface area (TPSA) is 36.1 Å². The molecule has 0 bridgehead atoms. The quantitative estimate of drug-likeness (QED) is 0.761. The minimum atomic E-state index is 0.0427. The average molecular weight is 238 g/mol. The van der Waals surface area contributed by atoms with Gasteiger partial charge in [-0.2, -0.15) is 0 Å². The van der Waals surface area contributed by atoms with Crippen molar-refractivity contribution < 1.29 is 4.79 Å². The second kappa shape index (κ2) is 3.92. The summed E-state index contributed by atoms with van der Waals surface area (Å²) in [7, 11) is 0. The first-order valence-corrected chi connectivity index (χ1v) is 6.03. The van der Waals surface area contributed by atoms with Crippen molar-refractivity contribution in [2.75, 3.05) is 11.4 Å². The van der Waals surface area contributed by atoms with Gasteiger partial charge in [-0.3, -0.25) is 4.79 Å². The first-order chi connectivity index (χ1) is 8.67. The van der Waals surface area contributed by atoms with Gasteiger partial charge in [0.05, 0.1) is 0 Å². The van der Waals surface area contributed by atoms with E-state index in [0.717, 1.165) is 22.3 Å². The molecule has 2 aromatic rings. The van der Waals surface area contributed by atoms with Gasteiger partial charge < -0.3 is 9.88 Å². The third kappa shape index (κ3) is 1.67. The molecule has 3 nitrogen and oxygen atoms in total. The van der Waals surface area contributed by atoms with Crippen molar-refractivity contribution in [2.45, 2.75) is 13.3 Å². The van der Waals surface area contributed by atoms with Crippen molar-refractivity contribution in [3.8, 4) is 12.3 Å². The first-order valence-electron chi connectivity index (χ1n) is 6.03. The number of amides is 1. The molecule has 3 heteroatoms. The number of benzene rings is 1. The fourth-order valence-electron chi connectivity index (χ4n) is 2.50. The summed E-state index contributed by atoms with van der Waals surface area (Å²) in [5.74, 6) is 2.82. The van der Waals surface area contributed by atoms with E-state index in [9.17, 15) is 4.79 Å².